The highest BCUT2D eigenvalue weighted by atomic mass is 16.5. The maximum absolute atomic E-state index is 6.10. The van der Waals surface area contributed by atoms with Gasteiger partial charge in [-0.05, 0) is 33.4 Å². The largest absolute Gasteiger partial charge is 0.380 e. The Morgan fingerprint density at radius 2 is 0.774 bits per heavy atom. The molecule has 1 heteroatoms. The monoisotopic (exact) mass is 406 g/mol. The summed E-state index contributed by atoms with van der Waals surface area (Å²) < 4.78 is 6.10. The van der Waals surface area contributed by atoms with E-state index < -0.39 is 0 Å². The molecule has 0 saturated heterocycles. The molecule has 4 rings (SSSR count). The summed E-state index contributed by atoms with van der Waals surface area (Å²) in [5, 5.41) is 0. The van der Waals surface area contributed by atoms with Crippen molar-refractivity contribution < 1.29 is 4.74 Å². The Bertz CT molecular complexity index is 962. The van der Waals surface area contributed by atoms with E-state index in [-0.39, 0.29) is 0 Å². The lowest BCUT2D eigenvalue weighted by molar-refractivity contribution is 0.113. The molecular weight excluding hydrogens is 376 g/mol. The minimum Gasteiger partial charge on any atom is -0.380 e. The van der Waals surface area contributed by atoms with Gasteiger partial charge in [0.2, 0.25) is 0 Å². The molecular formula is C30H30O. The van der Waals surface area contributed by atoms with Gasteiger partial charge < -0.3 is 4.74 Å². The average Bonchev–Trinajstić information content (AvgIpc) is 2.85. The maximum atomic E-state index is 6.10. The van der Waals surface area contributed by atoms with Crippen molar-refractivity contribution in [3.63, 3.8) is 0 Å². The van der Waals surface area contributed by atoms with Crippen LogP contribution in [0.1, 0.15) is 36.8 Å². The molecule has 0 saturated carbocycles. The van der Waals surface area contributed by atoms with Crippen LogP contribution in [0.25, 0.3) is 22.3 Å². The predicted octanol–water partition coefficient (Wildman–Crippen LogP) is 7.94. The van der Waals surface area contributed by atoms with Crippen LogP contribution in [0, 0.1) is 0 Å². The Morgan fingerprint density at radius 1 is 0.452 bits per heavy atom. The third-order valence-electron chi connectivity index (χ3n) is 5.91. The van der Waals surface area contributed by atoms with E-state index in [0.717, 1.165) is 13.2 Å². The third-order valence-corrected chi connectivity index (χ3v) is 5.91. The quantitative estimate of drug-likeness (QED) is 0.288. The van der Waals surface area contributed by atoms with E-state index in [9.17, 15) is 0 Å². The van der Waals surface area contributed by atoms with E-state index in [1.165, 1.54) is 33.4 Å². The molecule has 0 spiro atoms. The van der Waals surface area contributed by atoms with E-state index in [2.05, 4.69) is 123 Å². The van der Waals surface area contributed by atoms with Gasteiger partial charge in [-0.25, -0.2) is 0 Å². The lowest BCUT2D eigenvalue weighted by Gasteiger charge is -2.17. The molecule has 0 aliphatic heterocycles. The summed E-state index contributed by atoms with van der Waals surface area (Å²) in [6.45, 7) is 5.93. The Balaban J connectivity index is 1.28. The van der Waals surface area contributed by atoms with Gasteiger partial charge in [-0.3, -0.25) is 0 Å². The second-order valence-corrected chi connectivity index (χ2v) is 8.32. The van der Waals surface area contributed by atoms with E-state index in [1.54, 1.807) is 0 Å². The Labute approximate surface area is 186 Å². The molecule has 31 heavy (non-hydrogen) atoms. The molecule has 2 atom stereocenters. The van der Waals surface area contributed by atoms with Crippen LogP contribution in [0.4, 0.5) is 0 Å². The molecule has 4 aromatic rings. The van der Waals surface area contributed by atoms with Gasteiger partial charge >= 0.3 is 0 Å². The van der Waals surface area contributed by atoms with Crippen LogP contribution < -0.4 is 0 Å². The molecule has 1 nitrogen and oxygen atoms in total. The van der Waals surface area contributed by atoms with Crippen LogP contribution in [-0.4, -0.2) is 13.2 Å². The molecule has 0 aromatic heterocycles. The van der Waals surface area contributed by atoms with Gasteiger partial charge in [0.25, 0.3) is 0 Å². The highest BCUT2D eigenvalue weighted by Crippen LogP contribution is 2.25. The molecule has 0 bridgehead atoms. The molecule has 0 heterocycles. The first-order chi connectivity index (χ1) is 15.2. The van der Waals surface area contributed by atoms with Crippen molar-refractivity contribution in [1.29, 1.82) is 0 Å². The molecule has 156 valence electrons. The molecule has 0 fully saturated rings. The zero-order valence-corrected chi connectivity index (χ0v) is 18.4. The van der Waals surface area contributed by atoms with Crippen LogP contribution in [0.5, 0.6) is 0 Å². The van der Waals surface area contributed by atoms with Gasteiger partial charge in [0, 0.05) is 11.8 Å². The first-order valence-corrected chi connectivity index (χ1v) is 11.1. The summed E-state index contributed by atoms with van der Waals surface area (Å²) in [7, 11) is 0. The summed E-state index contributed by atoms with van der Waals surface area (Å²) in [4.78, 5) is 0. The Kier molecular flexibility index (Phi) is 6.96. The summed E-state index contributed by atoms with van der Waals surface area (Å²) in [5.41, 5.74) is 7.66. The fraction of sp³-hybridized carbons (Fsp3) is 0.200. The van der Waals surface area contributed by atoms with Crippen LogP contribution in [0.2, 0.25) is 0 Å². The molecule has 0 N–H and O–H groups in total. The molecule has 4 aromatic carbocycles. The number of rotatable bonds is 8. The predicted molar refractivity (Wildman–Crippen MR) is 131 cm³/mol. The van der Waals surface area contributed by atoms with Crippen LogP contribution >= 0.6 is 0 Å². The van der Waals surface area contributed by atoms with Crippen LogP contribution in [0.3, 0.4) is 0 Å². The topological polar surface area (TPSA) is 9.23 Å². The molecule has 2 unspecified atom stereocenters. The number of ether oxygens (including phenoxy) is 1. The minimum atomic E-state index is 0.373. The smallest absolute Gasteiger partial charge is 0.0532 e. The number of benzene rings is 4. The van der Waals surface area contributed by atoms with Gasteiger partial charge in [0.15, 0.2) is 0 Å². The van der Waals surface area contributed by atoms with Gasteiger partial charge in [-0.1, -0.05) is 123 Å². The second kappa shape index (κ2) is 10.2. The summed E-state index contributed by atoms with van der Waals surface area (Å²) in [6, 6.07) is 38.7. The minimum absolute atomic E-state index is 0.373. The zero-order chi connectivity index (χ0) is 21.5. The van der Waals surface area contributed by atoms with Gasteiger partial charge in [-0.2, -0.15) is 0 Å². The van der Waals surface area contributed by atoms with Crippen molar-refractivity contribution in [2.45, 2.75) is 25.7 Å². The van der Waals surface area contributed by atoms with Crippen LogP contribution in [-0.2, 0) is 4.74 Å². The lowest BCUT2D eigenvalue weighted by Crippen LogP contribution is -2.10. The summed E-state index contributed by atoms with van der Waals surface area (Å²) in [6.07, 6.45) is 0. The van der Waals surface area contributed by atoms with Crippen molar-refractivity contribution in [1.82, 2.24) is 0 Å². The SMILES string of the molecule is CC(COCC(C)c1ccc(-c2ccccc2)cc1)c1ccc(-c2ccccc2)cc1. The van der Waals surface area contributed by atoms with Gasteiger partial charge in [-0.15, -0.1) is 0 Å². The average molecular weight is 407 g/mol. The highest BCUT2D eigenvalue weighted by molar-refractivity contribution is 5.64. The molecule has 0 aliphatic carbocycles. The van der Waals surface area contributed by atoms with Crippen molar-refractivity contribution in [3.05, 3.63) is 120 Å². The molecule has 0 radical (unpaired) electrons. The van der Waals surface area contributed by atoms with Crippen LogP contribution in [0.15, 0.2) is 109 Å². The highest BCUT2D eigenvalue weighted by Gasteiger charge is 2.10. The zero-order valence-electron chi connectivity index (χ0n) is 18.4. The fourth-order valence-electron chi connectivity index (χ4n) is 3.88. The van der Waals surface area contributed by atoms with Crippen molar-refractivity contribution in [2.24, 2.45) is 0 Å². The van der Waals surface area contributed by atoms with Gasteiger partial charge in [0.1, 0.15) is 0 Å². The Hall–Kier alpha value is -3.16. The first-order valence-electron chi connectivity index (χ1n) is 11.1. The lowest BCUT2D eigenvalue weighted by atomic mass is 9.97. The summed E-state index contributed by atoms with van der Waals surface area (Å²) >= 11 is 0. The number of hydrogen-bond acceptors (Lipinski definition) is 1. The second-order valence-electron chi connectivity index (χ2n) is 8.32. The molecule has 0 aliphatic rings. The van der Waals surface area contributed by atoms with Gasteiger partial charge in [0.05, 0.1) is 13.2 Å². The van der Waals surface area contributed by atoms with E-state index in [0.29, 0.717) is 11.8 Å². The maximum Gasteiger partial charge on any atom is 0.0532 e. The summed E-state index contributed by atoms with van der Waals surface area (Å²) in [5.74, 6) is 0.745. The third kappa shape index (κ3) is 5.51. The number of hydrogen-bond donors (Lipinski definition) is 0. The standard InChI is InChI=1S/C30H30O/c1-23(25-13-17-29(18-14-25)27-9-5-3-6-10-27)21-31-22-24(2)26-15-19-30(20-16-26)28-11-7-4-8-12-28/h3-20,23-24H,21-22H2,1-2H3. The van der Waals surface area contributed by atoms with E-state index in [1.807, 2.05) is 0 Å². The Morgan fingerprint density at radius 3 is 1.13 bits per heavy atom. The van der Waals surface area contributed by atoms with Crippen molar-refractivity contribution in [3.8, 4) is 22.3 Å². The first kappa shape index (κ1) is 21.1. The normalized spacial score (nSPS) is 13.0. The van der Waals surface area contributed by atoms with E-state index in [4.69, 9.17) is 4.74 Å². The fourth-order valence-corrected chi connectivity index (χ4v) is 3.88. The van der Waals surface area contributed by atoms with E-state index >= 15 is 0 Å². The van der Waals surface area contributed by atoms with Crippen molar-refractivity contribution >= 4 is 0 Å². The van der Waals surface area contributed by atoms with Crippen molar-refractivity contribution in [2.75, 3.05) is 13.2 Å². The molecule has 0 amide bonds.